The fraction of sp³-hybridized carbons (Fsp3) is 0.588. The Balaban J connectivity index is 2.20. The SMILES string of the molecule is CCCCN(CCCC)c1nc2ccc(OCC)cc2s1. The normalized spacial score (nSPS) is 11.0. The lowest BCUT2D eigenvalue weighted by molar-refractivity contribution is 0.341. The van der Waals surface area contributed by atoms with Crippen molar-refractivity contribution >= 4 is 26.7 Å². The van der Waals surface area contributed by atoms with Crippen molar-refractivity contribution in [3.63, 3.8) is 0 Å². The summed E-state index contributed by atoms with van der Waals surface area (Å²) < 4.78 is 6.80. The number of nitrogens with zero attached hydrogens (tertiary/aromatic N) is 2. The van der Waals surface area contributed by atoms with Crippen molar-refractivity contribution in [2.45, 2.75) is 46.5 Å². The minimum absolute atomic E-state index is 0.705. The average Bonchev–Trinajstić information content (AvgIpc) is 2.91. The van der Waals surface area contributed by atoms with E-state index in [1.165, 1.54) is 30.4 Å². The Morgan fingerprint density at radius 1 is 1.10 bits per heavy atom. The maximum atomic E-state index is 5.58. The number of hydrogen-bond donors (Lipinski definition) is 0. The second kappa shape index (κ2) is 8.23. The Hall–Kier alpha value is -1.29. The quantitative estimate of drug-likeness (QED) is 0.644. The summed E-state index contributed by atoms with van der Waals surface area (Å²) >= 11 is 1.78. The molecule has 21 heavy (non-hydrogen) atoms. The molecule has 2 aromatic rings. The first-order chi connectivity index (χ1) is 10.3. The third-order valence-electron chi connectivity index (χ3n) is 3.49. The van der Waals surface area contributed by atoms with Crippen molar-refractivity contribution in [1.29, 1.82) is 0 Å². The van der Waals surface area contributed by atoms with Crippen LogP contribution in [0.2, 0.25) is 0 Å². The van der Waals surface area contributed by atoms with E-state index in [0.29, 0.717) is 6.61 Å². The highest BCUT2D eigenvalue weighted by Crippen LogP contribution is 2.31. The standard InChI is InChI=1S/C17H26N2OS/c1-4-7-11-19(12-8-5-2)17-18-15-10-9-14(20-6-3)13-16(15)21-17/h9-10,13H,4-8,11-12H2,1-3H3. The molecule has 0 saturated carbocycles. The van der Waals surface area contributed by atoms with Crippen LogP contribution in [0.15, 0.2) is 18.2 Å². The lowest BCUT2D eigenvalue weighted by atomic mass is 10.3. The number of benzene rings is 1. The molecule has 1 aromatic heterocycles. The lowest BCUT2D eigenvalue weighted by Gasteiger charge is -2.21. The van der Waals surface area contributed by atoms with Gasteiger partial charge in [0.25, 0.3) is 0 Å². The van der Waals surface area contributed by atoms with Crippen molar-refractivity contribution in [3.8, 4) is 5.75 Å². The third kappa shape index (κ3) is 4.34. The summed E-state index contributed by atoms with van der Waals surface area (Å²) in [6, 6.07) is 6.19. The van der Waals surface area contributed by atoms with Crippen LogP contribution in [0.25, 0.3) is 10.2 Å². The van der Waals surface area contributed by atoms with E-state index >= 15 is 0 Å². The molecule has 0 N–H and O–H groups in total. The van der Waals surface area contributed by atoms with Crippen LogP contribution in [0.1, 0.15) is 46.5 Å². The van der Waals surface area contributed by atoms with Crippen molar-refractivity contribution in [3.05, 3.63) is 18.2 Å². The molecule has 0 atom stereocenters. The Bertz CT molecular complexity index is 545. The number of rotatable bonds is 9. The smallest absolute Gasteiger partial charge is 0.186 e. The monoisotopic (exact) mass is 306 g/mol. The highest BCUT2D eigenvalue weighted by Gasteiger charge is 2.12. The fourth-order valence-corrected chi connectivity index (χ4v) is 3.33. The summed E-state index contributed by atoms with van der Waals surface area (Å²) in [7, 11) is 0. The number of unbranched alkanes of at least 4 members (excludes halogenated alkanes) is 2. The van der Waals surface area contributed by atoms with Crippen LogP contribution in [0, 0.1) is 0 Å². The predicted octanol–water partition coefficient (Wildman–Crippen LogP) is 5.10. The average molecular weight is 306 g/mol. The van der Waals surface area contributed by atoms with Gasteiger partial charge in [-0.3, -0.25) is 0 Å². The highest BCUT2D eigenvalue weighted by atomic mass is 32.1. The Kier molecular flexibility index (Phi) is 6.30. The zero-order chi connectivity index (χ0) is 15.1. The minimum Gasteiger partial charge on any atom is -0.494 e. The molecule has 0 aliphatic carbocycles. The van der Waals surface area contributed by atoms with Gasteiger partial charge in [-0.15, -0.1) is 0 Å². The van der Waals surface area contributed by atoms with E-state index < -0.39 is 0 Å². The molecule has 0 fully saturated rings. The van der Waals surface area contributed by atoms with Crippen molar-refractivity contribution in [2.24, 2.45) is 0 Å². The Morgan fingerprint density at radius 3 is 2.43 bits per heavy atom. The minimum atomic E-state index is 0.705. The van der Waals surface area contributed by atoms with Gasteiger partial charge in [0.1, 0.15) is 5.75 Å². The molecule has 0 bridgehead atoms. The van der Waals surface area contributed by atoms with E-state index in [4.69, 9.17) is 9.72 Å². The summed E-state index contributed by atoms with van der Waals surface area (Å²) in [5.41, 5.74) is 1.08. The molecule has 0 aliphatic rings. The lowest BCUT2D eigenvalue weighted by Crippen LogP contribution is -2.25. The maximum Gasteiger partial charge on any atom is 0.186 e. The number of ether oxygens (including phenoxy) is 1. The van der Waals surface area contributed by atoms with Gasteiger partial charge in [-0.2, -0.15) is 0 Å². The third-order valence-corrected chi connectivity index (χ3v) is 4.57. The van der Waals surface area contributed by atoms with Gasteiger partial charge < -0.3 is 9.64 Å². The van der Waals surface area contributed by atoms with E-state index in [-0.39, 0.29) is 0 Å². The van der Waals surface area contributed by atoms with Crippen molar-refractivity contribution < 1.29 is 4.74 Å². The number of hydrogen-bond acceptors (Lipinski definition) is 4. The zero-order valence-corrected chi connectivity index (χ0v) is 14.2. The van der Waals surface area contributed by atoms with E-state index in [1.54, 1.807) is 11.3 Å². The van der Waals surface area contributed by atoms with Gasteiger partial charge in [-0.1, -0.05) is 38.0 Å². The van der Waals surface area contributed by atoms with Crippen molar-refractivity contribution in [2.75, 3.05) is 24.6 Å². The molecule has 0 unspecified atom stereocenters. The fourth-order valence-electron chi connectivity index (χ4n) is 2.29. The molecule has 116 valence electrons. The first-order valence-electron chi connectivity index (χ1n) is 8.06. The van der Waals surface area contributed by atoms with Crippen LogP contribution in [0.4, 0.5) is 5.13 Å². The first-order valence-corrected chi connectivity index (χ1v) is 8.88. The molecule has 0 amide bonds. The number of thiazole rings is 1. The molecule has 0 saturated heterocycles. The maximum absolute atomic E-state index is 5.58. The molecule has 1 aromatic carbocycles. The second-order valence-corrected chi connectivity index (χ2v) is 6.26. The second-order valence-electron chi connectivity index (χ2n) is 5.25. The number of fused-ring (bicyclic) bond motifs is 1. The van der Waals surface area contributed by atoms with Crippen LogP contribution in [-0.4, -0.2) is 24.7 Å². The van der Waals surface area contributed by atoms with Gasteiger partial charge in [0.2, 0.25) is 0 Å². The summed E-state index contributed by atoms with van der Waals surface area (Å²) in [6.07, 6.45) is 4.90. The summed E-state index contributed by atoms with van der Waals surface area (Å²) in [5.74, 6) is 0.939. The van der Waals surface area contributed by atoms with Gasteiger partial charge in [-0.25, -0.2) is 4.98 Å². The molecule has 0 aliphatic heterocycles. The topological polar surface area (TPSA) is 25.4 Å². The molecule has 3 nitrogen and oxygen atoms in total. The molecule has 1 heterocycles. The van der Waals surface area contributed by atoms with Crippen LogP contribution >= 0.6 is 11.3 Å². The molecule has 2 rings (SSSR count). The molecular weight excluding hydrogens is 280 g/mol. The number of anilines is 1. The molecule has 4 heteroatoms. The zero-order valence-electron chi connectivity index (χ0n) is 13.4. The Morgan fingerprint density at radius 2 is 1.81 bits per heavy atom. The Labute approximate surface area is 131 Å². The van der Waals surface area contributed by atoms with Gasteiger partial charge in [-0.05, 0) is 38.0 Å². The predicted molar refractivity (Wildman–Crippen MR) is 92.8 cm³/mol. The van der Waals surface area contributed by atoms with Crippen LogP contribution < -0.4 is 9.64 Å². The molecular formula is C17H26N2OS. The van der Waals surface area contributed by atoms with E-state index in [1.807, 2.05) is 13.0 Å². The molecule has 0 radical (unpaired) electrons. The highest BCUT2D eigenvalue weighted by molar-refractivity contribution is 7.22. The largest absolute Gasteiger partial charge is 0.494 e. The summed E-state index contributed by atoms with van der Waals surface area (Å²) in [4.78, 5) is 7.25. The first kappa shape index (κ1) is 16.1. The van der Waals surface area contributed by atoms with Crippen molar-refractivity contribution in [1.82, 2.24) is 4.98 Å². The van der Waals surface area contributed by atoms with Crippen LogP contribution in [-0.2, 0) is 0 Å². The summed E-state index contributed by atoms with van der Waals surface area (Å²) in [5, 5.41) is 1.15. The van der Waals surface area contributed by atoms with E-state index in [0.717, 1.165) is 29.5 Å². The van der Waals surface area contributed by atoms with Crippen LogP contribution in [0.5, 0.6) is 5.75 Å². The van der Waals surface area contributed by atoms with E-state index in [9.17, 15) is 0 Å². The van der Waals surface area contributed by atoms with E-state index in [2.05, 4.69) is 30.9 Å². The van der Waals surface area contributed by atoms with Gasteiger partial charge in [0.15, 0.2) is 5.13 Å². The van der Waals surface area contributed by atoms with Gasteiger partial charge >= 0.3 is 0 Å². The van der Waals surface area contributed by atoms with Gasteiger partial charge in [0.05, 0.1) is 16.8 Å². The summed E-state index contributed by atoms with van der Waals surface area (Å²) in [6.45, 7) is 9.41. The van der Waals surface area contributed by atoms with Gasteiger partial charge in [0, 0.05) is 13.1 Å². The van der Waals surface area contributed by atoms with Crippen LogP contribution in [0.3, 0.4) is 0 Å². The number of aromatic nitrogens is 1. The molecule has 0 spiro atoms.